The molecule has 1 aliphatic rings. The van der Waals surface area contributed by atoms with Crippen LogP contribution in [-0.4, -0.2) is 20.3 Å². The molecule has 30 heavy (non-hydrogen) atoms. The van der Waals surface area contributed by atoms with Crippen LogP contribution in [0.5, 0.6) is 0 Å². The fourth-order valence-corrected chi connectivity index (χ4v) is 5.30. The summed E-state index contributed by atoms with van der Waals surface area (Å²) in [5, 5.41) is 2.57. The molecule has 0 N–H and O–H groups in total. The van der Waals surface area contributed by atoms with E-state index in [2.05, 4.69) is 18.4 Å². The summed E-state index contributed by atoms with van der Waals surface area (Å²) in [5.74, 6) is 0. The molecule has 0 bridgehead atoms. The van der Waals surface area contributed by atoms with Crippen molar-refractivity contribution in [3.05, 3.63) is 79.3 Å². The van der Waals surface area contributed by atoms with Crippen LogP contribution in [0.3, 0.4) is 0 Å². The standard InChI is InChI=1S/C23H23N3O3S/c1-23(2)13-29-20(15-11-8-12-30-15)19-18-16(21(27)25(4)22(28)24(18)3)17(26(19)23)14-9-6-5-7-10-14/h5-12,20H,13H2,1-4H3/t20-/m1/s1. The SMILES string of the molecule is Cn1c(=O)c2c(-c3ccccc3)n3c(c2n(C)c1=O)[C@@H](c1cccs1)OCC3(C)C. The first-order chi connectivity index (χ1) is 14.3. The molecule has 0 saturated carbocycles. The van der Waals surface area contributed by atoms with Crippen LogP contribution >= 0.6 is 11.3 Å². The van der Waals surface area contributed by atoms with Crippen LogP contribution in [-0.2, 0) is 24.4 Å². The Morgan fingerprint density at radius 2 is 1.77 bits per heavy atom. The third-order valence-corrected chi connectivity index (χ3v) is 6.83. The van der Waals surface area contributed by atoms with Gasteiger partial charge in [0, 0.05) is 19.0 Å². The first-order valence-corrected chi connectivity index (χ1v) is 10.8. The highest BCUT2D eigenvalue weighted by molar-refractivity contribution is 7.10. The number of nitrogens with zero attached hydrogens (tertiary/aromatic N) is 3. The van der Waals surface area contributed by atoms with Crippen molar-refractivity contribution < 1.29 is 4.74 Å². The van der Waals surface area contributed by atoms with E-state index in [1.165, 1.54) is 11.6 Å². The minimum atomic E-state index is -0.394. The van der Waals surface area contributed by atoms with Crippen molar-refractivity contribution in [2.75, 3.05) is 6.61 Å². The molecule has 0 amide bonds. The van der Waals surface area contributed by atoms with Crippen molar-refractivity contribution in [2.45, 2.75) is 25.5 Å². The predicted molar refractivity (Wildman–Crippen MR) is 119 cm³/mol. The van der Waals surface area contributed by atoms with Crippen LogP contribution in [0.15, 0.2) is 57.4 Å². The second-order valence-corrected chi connectivity index (χ2v) is 9.36. The summed E-state index contributed by atoms with van der Waals surface area (Å²) in [6.45, 7) is 4.71. The summed E-state index contributed by atoms with van der Waals surface area (Å²) in [4.78, 5) is 27.3. The molecule has 5 rings (SSSR count). The zero-order valence-electron chi connectivity index (χ0n) is 17.4. The average molecular weight is 422 g/mol. The van der Waals surface area contributed by atoms with E-state index in [9.17, 15) is 9.59 Å². The van der Waals surface area contributed by atoms with E-state index in [4.69, 9.17) is 4.74 Å². The fourth-order valence-electron chi connectivity index (χ4n) is 4.52. The highest BCUT2D eigenvalue weighted by atomic mass is 32.1. The maximum absolute atomic E-state index is 13.4. The number of aryl methyl sites for hydroxylation is 1. The Hall–Kier alpha value is -2.90. The summed E-state index contributed by atoms with van der Waals surface area (Å²) >= 11 is 1.62. The number of thiophene rings is 1. The van der Waals surface area contributed by atoms with Gasteiger partial charge in [0.15, 0.2) is 0 Å². The van der Waals surface area contributed by atoms with Crippen LogP contribution in [0, 0.1) is 0 Å². The first kappa shape index (κ1) is 19.1. The van der Waals surface area contributed by atoms with Crippen LogP contribution in [0.2, 0.25) is 0 Å². The number of hydrogen-bond acceptors (Lipinski definition) is 4. The van der Waals surface area contributed by atoms with Gasteiger partial charge in [-0.15, -0.1) is 11.3 Å². The second-order valence-electron chi connectivity index (χ2n) is 8.38. The summed E-state index contributed by atoms with van der Waals surface area (Å²) < 4.78 is 11.3. The topological polar surface area (TPSA) is 58.2 Å². The van der Waals surface area contributed by atoms with E-state index < -0.39 is 5.54 Å². The molecule has 1 atom stereocenters. The zero-order chi connectivity index (χ0) is 21.2. The lowest BCUT2D eigenvalue weighted by Crippen LogP contribution is -2.40. The third-order valence-electron chi connectivity index (χ3n) is 5.91. The smallest absolute Gasteiger partial charge is 0.331 e. The van der Waals surface area contributed by atoms with Crippen LogP contribution in [0.25, 0.3) is 22.2 Å². The van der Waals surface area contributed by atoms with Gasteiger partial charge in [-0.2, -0.15) is 0 Å². The molecule has 0 saturated heterocycles. The van der Waals surface area contributed by atoms with Crippen molar-refractivity contribution in [3.63, 3.8) is 0 Å². The molecular formula is C23H23N3O3S. The molecule has 1 aromatic carbocycles. The minimum Gasteiger partial charge on any atom is -0.364 e. The van der Waals surface area contributed by atoms with Crippen molar-refractivity contribution in [2.24, 2.45) is 14.1 Å². The summed E-state index contributed by atoms with van der Waals surface area (Å²) in [7, 11) is 3.26. The van der Waals surface area contributed by atoms with Crippen molar-refractivity contribution in [1.29, 1.82) is 0 Å². The Morgan fingerprint density at radius 3 is 2.43 bits per heavy atom. The van der Waals surface area contributed by atoms with Gasteiger partial charge in [-0.05, 0) is 30.9 Å². The zero-order valence-corrected chi connectivity index (χ0v) is 18.2. The van der Waals surface area contributed by atoms with Gasteiger partial charge >= 0.3 is 5.69 Å². The van der Waals surface area contributed by atoms with Crippen LogP contribution in [0.4, 0.5) is 0 Å². The lowest BCUT2D eigenvalue weighted by atomic mass is 10.0. The minimum absolute atomic E-state index is 0.283. The van der Waals surface area contributed by atoms with Gasteiger partial charge < -0.3 is 9.30 Å². The number of aromatic nitrogens is 3. The predicted octanol–water partition coefficient (Wildman–Crippen LogP) is 3.62. The molecule has 4 heterocycles. The highest BCUT2D eigenvalue weighted by Gasteiger charge is 2.40. The molecule has 154 valence electrons. The monoisotopic (exact) mass is 421 g/mol. The Labute approximate surface area is 177 Å². The normalized spacial score (nSPS) is 17.9. The lowest BCUT2D eigenvalue weighted by Gasteiger charge is -2.39. The van der Waals surface area contributed by atoms with E-state index in [1.54, 1.807) is 23.0 Å². The van der Waals surface area contributed by atoms with Crippen molar-refractivity contribution in [3.8, 4) is 11.3 Å². The van der Waals surface area contributed by atoms with Crippen molar-refractivity contribution >= 4 is 22.2 Å². The number of rotatable bonds is 2. The summed E-state index contributed by atoms with van der Waals surface area (Å²) in [6.07, 6.45) is -0.337. The van der Waals surface area contributed by atoms with Gasteiger partial charge in [0.2, 0.25) is 0 Å². The van der Waals surface area contributed by atoms with Gasteiger partial charge in [0.25, 0.3) is 5.56 Å². The molecular weight excluding hydrogens is 398 g/mol. The molecule has 7 heteroatoms. The number of hydrogen-bond donors (Lipinski definition) is 0. The number of benzene rings is 1. The Kier molecular flexibility index (Phi) is 4.17. The van der Waals surface area contributed by atoms with E-state index in [0.29, 0.717) is 17.5 Å². The molecule has 4 aromatic rings. The average Bonchev–Trinajstić information content (AvgIpc) is 3.38. The molecule has 3 aromatic heterocycles. The second kappa shape index (κ2) is 6.55. The molecule has 0 radical (unpaired) electrons. The maximum atomic E-state index is 13.4. The Balaban J connectivity index is 2.05. The van der Waals surface area contributed by atoms with Gasteiger partial charge in [0.05, 0.1) is 34.4 Å². The highest BCUT2D eigenvalue weighted by Crippen LogP contribution is 2.46. The first-order valence-electron chi connectivity index (χ1n) is 9.88. The van der Waals surface area contributed by atoms with E-state index in [1.807, 2.05) is 47.8 Å². The quantitative estimate of drug-likeness (QED) is 0.497. The number of ether oxygens (including phenoxy) is 1. The van der Waals surface area contributed by atoms with Crippen LogP contribution < -0.4 is 11.2 Å². The molecule has 0 spiro atoms. The van der Waals surface area contributed by atoms with Crippen molar-refractivity contribution in [1.82, 2.24) is 13.7 Å². The lowest BCUT2D eigenvalue weighted by molar-refractivity contribution is -0.00545. The van der Waals surface area contributed by atoms with Gasteiger partial charge in [-0.1, -0.05) is 36.4 Å². The van der Waals surface area contributed by atoms with E-state index >= 15 is 0 Å². The molecule has 1 aliphatic heterocycles. The summed E-state index contributed by atoms with van der Waals surface area (Å²) in [6, 6.07) is 14.0. The van der Waals surface area contributed by atoms with Gasteiger partial charge in [0.1, 0.15) is 6.10 Å². The summed E-state index contributed by atoms with van der Waals surface area (Å²) in [5.41, 5.74) is 2.28. The number of fused-ring (bicyclic) bond motifs is 3. The molecule has 0 fully saturated rings. The van der Waals surface area contributed by atoms with Gasteiger partial charge in [-0.3, -0.25) is 13.9 Å². The largest absolute Gasteiger partial charge is 0.364 e. The Morgan fingerprint density at radius 1 is 1.03 bits per heavy atom. The third kappa shape index (κ3) is 2.52. The van der Waals surface area contributed by atoms with Gasteiger partial charge in [-0.25, -0.2) is 4.79 Å². The van der Waals surface area contributed by atoms with E-state index in [0.717, 1.165) is 21.8 Å². The Bertz CT molecular complexity index is 1380. The molecule has 0 aliphatic carbocycles. The fraction of sp³-hybridized carbons (Fsp3) is 0.304. The maximum Gasteiger partial charge on any atom is 0.331 e. The molecule has 6 nitrogen and oxygen atoms in total. The van der Waals surface area contributed by atoms with Crippen LogP contribution in [0.1, 0.15) is 30.5 Å². The molecule has 0 unspecified atom stereocenters. The van der Waals surface area contributed by atoms with E-state index in [-0.39, 0.29) is 17.4 Å².